The van der Waals surface area contributed by atoms with Crippen molar-refractivity contribution in [1.29, 1.82) is 0 Å². The Labute approximate surface area is 115 Å². The molecule has 0 bridgehead atoms. The van der Waals surface area contributed by atoms with Crippen LogP contribution in [0.1, 0.15) is 47.5 Å². The van der Waals surface area contributed by atoms with Gasteiger partial charge in [-0.1, -0.05) is 27.7 Å². The van der Waals surface area contributed by atoms with E-state index in [1.54, 1.807) is 18.7 Å². The molecule has 2 amide bonds. The van der Waals surface area contributed by atoms with E-state index >= 15 is 0 Å². The fourth-order valence-corrected chi connectivity index (χ4v) is 2.26. The van der Waals surface area contributed by atoms with Crippen molar-refractivity contribution in [3.8, 4) is 0 Å². The van der Waals surface area contributed by atoms with Gasteiger partial charge in [0.25, 0.3) is 0 Å². The molecule has 2 unspecified atom stereocenters. The van der Waals surface area contributed by atoms with Gasteiger partial charge in [0, 0.05) is 13.1 Å². The topological polar surface area (TPSA) is 69.6 Å². The Morgan fingerprint density at radius 1 is 1.32 bits per heavy atom. The van der Waals surface area contributed by atoms with E-state index in [0.717, 1.165) is 6.42 Å². The zero-order valence-corrected chi connectivity index (χ0v) is 12.6. The average Bonchev–Trinajstić information content (AvgIpc) is 2.77. The fourth-order valence-electron chi connectivity index (χ4n) is 2.26. The van der Waals surface area contributed by atoms with Gasteiger partial charge in [0.1, 0.15) is 5.54 Å². The van der Waals surface area contributed by atoms with Crippen molar-refractivity contribution in [2.45, 2.75) is 53.0 Å². The first-order valence-electron chi connectivity index (χ1n) is 6.90. The Bertz CT molecular complexity index is 362. The normalized spacial score (nSPS) is 23.0. The molecule has 1 fully saturated rings. The maximum atomic E-state index is 12.1. The summed E-state index contributed by atoms with van der Waals surface area (Å²) in [5, 5.41) is 11.8. The van der Waals surface area contributed by atoms with Crippen LogP contribution in [0, 0.1) is 11.3 Å². The number of hydrogen-bond acceptors (Lipinski definition) is 2. The molecule has 1 heterocycles. The molecule has 5 heteroatoms. The maximum Gasteiger partial charge on any atom is 0.329 e. The summed E-state index contributed by atoms with van der Waals surface area (Å²) in [4.78, 5) is 25.1. The zero-order valence-electron chi connectivity index (χ0n) is 12.6. The van der Waals surface area contributed by atoms with E-state index in [4.69, 9.17) is 0 Å². The molecule has 19 heavy (non-hydrogen) atoms. The van der Waals surface area contributed by atoms with E-state index in [-0.39, 0.29) is 11.4 Å². The molecule has 1 saturated heterocycles. The van der Waals surface area contributed by atoms with Crippen molar-refractivity contribution in [2.24, 2.45) is 11.3 Å². The number of carbonyl (C=O) groups excluding carboxylic acids is 1. The SMILES string of the molecule is CCC(C)(NC(=O)N1CCC(C(C)(C)C)C1)C(=O)O. The zero-order chi connectivity index (χ0) is 14.8. The van der Waals surface area contributed by atoms with E-state index in [1.165, 1.54) is 0 Å². The Kier molecular flexibility index (Phi) is 4.48. The van der Waals surface area contributed by atoms with Gasteiger partial charge in [0.15, 0.2) is 0 Å². The number of rotatable bonds is 3. The van der Waals surface area contributed by atoms with Crippen molar-refractivity contribution >= 4 is 12.0 Å². The van der Waals surface area contributed by atoms with Crippen LogP contribution in [0.25, 0.3) is 0 Å². The summed E-state index contributed by atoms with van der Waals surface area (Å²) in [7, 11) is 0. The lowest BCUT2D eigenvalue weighted by Gasteiger charge is -2.29. The molecule has 2 atom stereocenters. The largest absolute Gasteiger partial charge is 0.480 e. The van der Waals surface area contributed by atoms with E-state index in [1.807, 2.05) is 0 Å². The van der Waals surface area contributed by atoms with E-state index < -0.39 is 11.5 Å². The van der Waals surface area contributed by atoms with Gasteiger partial charge in [-0.2, -0.15) is 0 Å². The van der Waals surface area contributed by atoms with Gasteiger partial charge in [-0.3, -0.25) is 0 Å². The van der Waals surface area contributed by atoms with Gasteiger partial charge in [0.2, 0.25) is 0 Å². The van der Waals surface area contributed by atoms with Gasteiger partial charge >= 0.3 is 12.0 Å². The van der Waals surface area contributed by atoms with Gasteiger partial charge in [0.05, 0.1) is 0 Å². The summed E-state index contributed by atoms with van der Waals surface area (Å²) in [6.07, 6.45) is 1.34. The maximum absolute atomic E-state index is 12.1. The number of likely N-dealkylation sites (tertiary alicyclic amines) is 1. The fraction of sp³-hybridized carbons (Fsp3) is 0.857. The second-order valence-electron chi connectivity index (χ2n) is 6.72. The van der Waals surface area contributed by atoms with Crippen LogP contribution in [0.3, 0.4) is 0 Å². The van der Waals surface area contributed by atoms with Crippen LogP contribution in [-0.4, -0.2) is 40.6 Å². The predicted octanol–water partition coefficient (Wildman–Crippen LogP) is 2.32. The Balaban J connectivity index is 2.64. The van der Waals surface area contributed by atoms with E-state index in [9.17, 15) is 14.7 Å². The van der Waals surface area contributed by atoms with Crippen LogP contribution in [-0.2, 0) is 4.79 Å². The highest BCUT2D eigenvalue weighted by Crippen LogP contribution is 2.33. The Hall–Kier alpha value is -1.26. The third-order valence-corrected chi connectivity index (χ3v) is 4.26. The molecular weight excluding hydrogens is 244 g/mol. The second kappa shape index (κ2) is 5.39. The summed E-state index contributed by atoms with van der Waals surface area (Å²) in [5.41, 5.74) is -1.01. The minimum Gasteiger partial charge on any atom is -0.480 e. The number of urea groups is 1. The number of hydrogen-bond donors (Lipinski definition) is 2. The summed E-state index contributed by atoms with van der Waals surface area (Å²) in [5.74, 6) is -0.522. The molecule has 1 rings (SSSR count). The van der Waals surface area contributed by atoms with Crippen molar-refractivity contribution in [1.82, 2.24) is 10.2 Å². The second-order valence-corrected chi connectivity index (χ2v) is 6.72. The number of carboxylic acid groups (broad SMARTS) is 1. The van der Waals surface area contributed by atoms with Crippen LogP contribution in [0.5, 0.6) is 0 Å². The molecule has 0 aliphatic carbocycles. The van der Waals surface area contributed by atoms with E-state index in [2.05, 4.69) is 26.1 Å². The summed E-state index contributed by atoms with van der Waals surface area (Å²) < 4.78 is 0. The highest BCUT2D eigenvalue weighted by molar-refractivity contribution is 5.85. The quantitative estimate of drug-likeness (QED) is 0.827. The van der Waals surface area contributed by atoms with Crippen LogP contribution in [0.2, 0.25) is 0 Å². The predicted molar refractivity (Wildman–Crippen MR) is 74.0 cm³/mol. The van der Waals surface area contributed by atoms with Crippen molar-refractivity contribution in [3.05, 3.63) is 0 Å². The van der Waals surface area contributed by atoms with Gasteiger partial charge in [-0.15, -0.1) is 0 Å². The van der Waals surface area contributed by atoms with Gasteiger partial charge in [-0.05, 0) is 31.1 Å². The Morgan fingerprint density at radius 2 is 1.89 bits per heavy atom. The molecule has 0 aromatic heterocycles. The van der Waals surface area contributed by atoms with Gasteiger partial charge in [-0.25, -0.2) is 9.59 Å². The monoisotopic (exact) mass is 270 g/mol. The van der Waals surface area contributed by atoms with Crippen LogP contribution < -0.4 is 5.32 Å². The minimum absolute atomic E-state index is 0.176. The summed E-state index contributed by atoms with van der Waals surface area (Å²) >= 11 is 0. The third-order valence-electron chi connectivity index (χ3n) is 4.26. The molecule has 1 aliphatic heterocycles. The standard InChI is InChI=1S/C14H26N2O3/c1-6-14(5,11(17)18)15-12(19)16-8-7-10(9-16)13(2,3)4/h10H,6-9H2,1-5H3,(H,15,19)(H,17,18). The molecule has 0 radical (unpaired) electrons. The molecular formula is C14H26N2O3. The average molecular weight is 270 g/mol. The summed E-state index contributed by atoms with van der Waals surface area (Å²) in [6.45, 7) is 11.2. The van der Waals surface area contributed by atoms with Crippen molar-refractivity contribution in [3.63, 3.8) is 0 Å². The van der Waals surface area contributed by atoms with Crippen LogP contribution >= 0.6 is 0 Å². The molecule has 110 valence electrons. The van der Waals surface area contributed by atoms with Crippen molar-refractivity contribution < 1.29 is 14.7 Å². The first-order chi connectivity index (χ1) is 8.60. The molecule has 0 aromatic carbocycles. The lowest BCUT2D eigenvalue weighted by Crippen LogP contribution is -2.55. The smallest absolute Gasteiger partial charge is 0.329 e. The van der Waals surface area contributed by atoms with Crippen LogP contribution in [0.15, 0.2) is 0 Å². The number of nitrogens with one attached hydrogen (secondary N) is 1. The molecule has 1 aliphatic rings. The molecule has 2 N–H and O–H groups in total. The highest BCUT2D eigenvalue weighted by atomic mass is 16.4. The molecule has 5 nitrogen and oxygen atoms in total. The number of carbonyl (C=O) groups is 2. The lowest BCUT2D eigenvalue weighted by atomic mass is 9.80. The Morgan fingerprint density at radius 3 is 2.26 bits per heavy atom. The molecule has 0 saturated carbocycles. The van der Waals surface area contributed by atoms with Crippen molar-refractivity contribution in [2.75, 3.05) is 13.1 Å². The first kappa shape index (κ1) is 15.8. The van der Waals surface area contributed by atoms with E-state index in [0.29, 0.717) is 25.4 Å². The number of nitrogens with zero attached hydrogens (tertiary/aromatic N) is 1. The third kappa shape index (κ3) is 3.61. The number of carboxylic acids is 1. The number of amides is 2. The first-order valence-corrected chi connectivity index (χ1v) is 6.90. The lowest BCUT2D eigenvalue weighted by molar-refractivity contribution is -0.143. The highest BCUT2D eigenvalue weighted by Gasteiger charge is 2.38. The van der Waals surface area contributed by atoms with Crippen LogP contribution in [0.4, 0.5) is 4.79 Å². The molecule has 0 spiro atoms. The molecule has 0 aromatic rings. The summed E-state index contributed by atoms with van der Waals surface area (Å²) in [6, 6.07) is -0.265. The minimum atomic E-state index is -1.18. The number of aliphatic carboxylic acids is 1. The van der Waals surface area contributed by atoms with Gasteiger partial charge < -0.3 is 15.3 Å².